The number of nitrogens with one attached hydrogen (secondary N) is 1. The zero-order valence-corrected chi connectivity index (χ0v) is 11.9. The Kier molecular flexibility index (Phi) is 5.63. The third-order valence-corrected chi connectivity index (χ3v) is 2.73. The number of benzene rings is 1. The zero-order valence-electron chi connectivity index (χ0n) is 11.9. The van der Waals surface area contributed by atoms with Crippen molar-refractivity contribution in [2.75, 3.05) is 14.2 Å². The number of carbonyl (C=O) groups excluding carboxylic acids is 1. The number of amides is 1. The first-order valence-electron chi connectivity index (χ1n) is 6.28. The Bertz CT molecular complexity index is 433. The Morgan fingerprint density at radius 1 is 1.42 bits per heavy atom. The molecule has 0 spiro atoms. The lowest BCUT2D eigenvalue weighted by Crippen LogP contribution is -2.34. The average Bonchev–Trinajstić information content (AvgIpc) is 2.38. The van der Waals surface area contributed by atoms with Crippen molar-refractivity contribution in [3.8, 4) is 11.5 Å². The third kappa shape index (κ3) is 4.44. The van der Waals surface area contributed by atoms with Crippen molar-refractivity contribution in [1.29, 1.82) is 0 Å². The molecule has 19 heavy (non-hydrogen) atoms. The van der Waals surface area contributed by atoms with Crippen LogP contribution in [-0.2, 0) is 11.2 Å². The highest BCUT2D eigenvalue weighted by Crippen LogP contribution is 2.26. The van der Waals surface area contributed by atoms with E-state index >= 15 is 0 Å². The molecular weight excluding hydrogens is 244 g/mol. The van der Waals surface area contributed by atoms with Gasteiger partial charge >= 0.3 is 0 Å². The average molecular weight is 266 g/mol. The van der Waals surface area contributed by atoms with Gasteiger partial charge in [0.15, 0.2) is 6.10 Å². The Morgan fingerprint density at radius 2 is 2.11 bits per heavy atom. The molecule has 5 heteroatoms. The van der Waals surface area contributed by atoms with Gasteiger partial charge in [-0.3, -0.25) is 4.79 Å². The standard InChI is InChI=1S/C14H22N2O3/c1-9(15)7-11-8-12(18-4)5-6-13(11)19-10(2)14(17)16-3/h5-6,8-10H,7,15H2,1-4H3,(H,16,17). The molecule has 1 rings (SSSR count). The molecule has 0 aliphatic carbocycles. The van der Waals surface area contributed by atoms with E-state index in [1.54, 1.807) is 33.2 Å². The lowest BCUT2D eigenvalue weighted by atomic mass is 10.1. The lowest BCUT2D eigenvalue weighted by molar-refractivity contribution is -0.126. The molecule has 1 aromatic carbocycles. The van der Waals surface area contributed by atoms with Crippen LogP contribution in [0.5, 0.6) is 11.5 Å². The maximum Gasteiger partial charge on any atom is 0.260 e. The molecule has 0 heterocycles. The maximum absolute atomic E-state index is 11.5. The Labute approximate surface area is 114 Å². The fourth-order valence-electron chi connectivity index (χ4n) is 1.75. The number of hydrogen-bond donors (Lipinski definition) is 2. The van der Waals surface area contributed by atoms with Crippen molar-refractivity contribution in [3.63, 3.8) is 0 Å². The molecule has 106 valence electrons. The van der Waals surface area contributed by atoms with Gasteiger partial charge in [-0.05, 0) is 44.0 Å². The molecule has 0 saturated heterocycles. The van der Waals surface area contributed by atoms with Gasteiger partial charge in [-0.15, -0.1) is 0 Å². The molecule has 0 aliphatic rings. The van der Waals surface area contributed by atoms with Crippen molar-refractivity contribution in [2.24, 2.45) is 5.73 Å². The van der Waals surface area contributed by atoms with Crippen LogP contribution < -0.4 is 20.5 Å². The minimum Gasteiger partial charge on any atom is -0.497 e. The van der Waals surface area contributed by atoms with E-state index in [0.29, 0.717) is 12.2 Å². The van der Waals surface area contributed by atoms with Crippen LogP contribution in [0.15, 0.2) is 18.2 Å². The summed E-state index contributed by atoms with van der Waals surface area (Å²) in [5.41, 5.74) is 6.76. The normalized spacial score (nSPS) is 13.5. The first-order chi connectivity index (χ1) is 8.97. The molecule has 1 aromatic rings. The summed E-state index contributed by atoms with van der Waals surface area (Å²) in [7, 11) is 3.19. The smallest absolute Gasteiger partial charge is 0.260 e. The summed E-state index contributed by atoms with van der Waals surface area (Å²) >= 11 is 0. The van der Waals surface area contributed by atoms with Crippen molar-refractivity contribution >= 4 is 5.91 Å². The van der Waals surface area contributed by atoms with E-state index < -0.39 is 6.10 Å². The predicted octanol–water partition coefficient (Wildman–Crippen LogP) is 1.10. The molecule has 5 nitrogen and oxygen atoms in total. The number of methoxy groups -OCH3 is 1. The number of hydrogen-bond acceptors (Lipinski definition) is 4. The minimum atomic E-state index is -0.551. The van der Waals surface area contributed by atoms with Crippen LogP contribution >= 0.6 is 0 Å². The van der Waals surface area contributed by atoms with Crippen LogP contribution in [0.25, 0.3) is 0 Å². The van der Waals surface area contributed by atoms with Crippen molar-refractivity contribution < 1.29 is 14.3 Å². The Morgan fingerprint density at radius 3 is 2.63 bits per heavy atom. The van der Waals surface area contributed by atoms with Crippen molar-refractivity contribution in [1.82, 2.24) is 5.32 Å². The monoisotopic (exact) mass is 266 g/mol. The van der Waals surface area contributed by atoms with Crippen LogP contribution in [-0.4, -0.2) is 32.2 Å². The van der Waals surface area contributed by atoms with Gasteiger partial charge < -0.3 is 20.5 Å². The highest BCUT2D eigenvalue weighted by Gasteiger charge is 2.16. The molecular formula is C14H22N2O3. The summed E-state index contributed by atoms with van der Waals surface area (Å²) < 4.78 is 10.9. The topological polar surface area (TPSA) is 73.6 Å². The van der Waals surface area contributed by atoms with Crippen molar-refractivity contribution in [2.45, 2.75) is 32.4 Å². The summed E-state index contributed by atoms with van der Waals surface area (Å²) in [6.45, 7) is 3.63. The van der Waals surface area contributed by atoms with E-state index in [1.165, 1.54) is 0 Å². The first kappa shape index (κ1) is 15.3. The molecule has 0 fully saturated rings. The predicted molar refractivity (Wildman–Crippen MR) is 74.5 cm³/mol. The van der Waals surface area contributed by atoms with Gasteiger partial charge in [0.05, 0.1) is 7.11 Å². The van der Waals surface area contributed by atoms with E-state index in [0.717, 1.165) is 11.3 Å². The van der Waals surface area contributed by atoms with Gasteiger partial charge in [-0.2, -0.15) is 0 Å². The van der Waals surface area contributed by atoms with E-state index in [4.69, 9.17) is 15.2 Å². The summed E-state index contributed by atoms with van der Waals surface area (Å²) in [5, 5.41) is 2.55. The van der Waals surface area contributed by atoms with Gasteiger partial charge in [-0.25, -0.2) is 0 Å². The third-order valence-electron chi connectivity index (χ3n) is 2.73. The van der Waals surface area contributed by atoms with E-state index in [2.05, 4.69) is 5.32 Å². The second kappa shape index (κ2) is 6.99. The summed E-state index contributed by atoms with van der Waals surface area (Å²) in [6.07, 6.45) is 0.109. The number of likely N-dealkylation sites (N-methyl/N-ethyl adjacent to an activating group) is 1. The summed E-state index contributed by atoms with van der Waals surface area (Å²) in [4.78, 5) is 11.5. The second-order valence-electron chi connectivity index (χ2n) is 4.53. The molecule has 0 saturated carbocycles. The SMILES string of the molecule is CNC(=O)C(C)Oc1ccc(OC)cc1CC(C)N. The highest BCUT2D eigenvalue weighted by molar-refractivity contribution is 5.80. The molecule has 0 aromatic heterocycles. The Hall–Kier alpha value is -1.75. The van der Waals surface area contributed by atoms with Crippen LogP contribution in [0.4, 0.5) is 0 Å². The van der Waals surface area contributed by atoms with Crippen molar-refractivity contribution in [3.05, 3.63) is 23.8 Å². The fourth-order valence-corrected chi connectivity index (χ4v) is 1.75. The van der Waals surface area contributed by atoms with Crippen LogP contribution in [0.1, 0.15) is 19.4 Å². The summed E-state index contributed by atoms with van der Waals surface area (Å²) in [5.74, 6) is 1.24. The van der Waals surface area contributed by atoms with E-state index in [9.17, 15) is 4.79 Å². The highest BCUT2D eigenvalue weighted by atomic mass is 16.5. The number of rotatable bonds is 6. The quantitative estimate of drug-likeness (QED) is 0.808. The van der Waals surface area contributed by atoms with Gasteiger partial charge in [0.25, 0.3) is 5.91 Å². The summed E-state index contributed by atoms with van der Waals surface area (Å²) in [6, 6.07) is 5.49. The molecule has 0 aliphatic heterocycles. The van der Waals surface area contributed by atoms with Crippen LogP contribution in [0.2, 0.25) is 0 Å². The van der Waals surface area contributed by atoms with E-state index in [1.807, 2.05) is 13.0 Å². The first-order valence-corrected chi connectivity index (χ1v) is 6.28. The van der Waals surface area contributed by atoms with Gasteiger partial charge in [-0.1, -0.05) is 0 Å². The molecule has 3 N–H and O–H groups in total. The zero-order chi connectivity index (χ0) is 14.4. The molecule has 2 atom stereocenters. The maximum atomic E-state index is 11.5. The largest absolute Gasteiger partial charge is 0.497 e. The van der Waals surface area contributed by atoms with Crippen LogP contribution in [0.3, 0.4) is 0 Å². The van der Waals surface area contributed by atoms with E-state index in [-0.39, 0.29) is 11.9 Å². The minimum absolute atomic E-state index is 0.00441. The number of ether oxygens (including phenoxy) is 2. The van der Waals surface area contributed by atoms with Crippen LogP contribution in [0, 0.1) is 0 Å². The molecule has 1 amide bonds. The number of carbonyl (C=O) groups is 1. The number of nitrogens with two attached hydrogens (primary N) is 1. The van der Waals surface area contributed by atoms with Gasteiger partial charge in [0.2, 0.25) is 0 Å². The fraction of sp³-hybridized carbons (Fsp3) is 0.500. The van der Waals surface area contributed by atoms with Gasteiger partial charge in [0, 0.05) is 13.1 Å². The molecule has 0 radical (unpaired) electrons. The Balaban J connectivity index is 2.95. The molecule has 2 unspecified atom stereocenters. The van der Waals surface area contributed by atoms with Gasteiger partial charge in [0.1, 0.15) is 11.5 Å². The molecule has 0 bridgehead atoms. The lowest BCUT2D eigenvalue weighted by Gasteiger charge is -2.18. The second-order valence-corrected chi connectivity index (χ2v) is 4.53.